The van der Waals surface area contributed by atoms with Gasteiger partial charge in [-0.2, -0.15) is 8.42 Å². The quantitative estimate of drug-likeness (QED) is 0.635. The third-order valence-electron chi connectivity index (χ3n) is 3.34. The van der Waals surface area contributed by atoms with Crippen molar-refractivity contribution >= 4 is 21.6 Å². The first-order valence-electron chi connectivity index (χ1n) is 6.83. The van der Waals surface area contributed by atoms with Crippen molar-refractivity contribution in [3.8, 4) is 0 Å². The molecule has 0 bridgehead atoms. The summed E-state index contributed by atoms with van der Waals surface area (Å²) in [4.78, 5) is 0. The summed E-state index contributed by atoms with van der Waals surface area (Å²) in [5.74, 6) is 0. The van der Waals surface area contributed by atoms with Gasteiger partial charge in [-0.05, 0) is 50.9 Å². The lowest BCUT2D eigenvalue weighted by Crippen LogP contribution is -2.29. The highest BCUT2D eigenvalue weighted by atomic mass is 32.2. The molecule has 1 aromatic rings. The van der Waals surface area contributed by atoms with Gasteiger partial charge in [-0.3, -0.25) is 4.72 Å². The van der Waals surface area contributed by atoms with Crippen LogP contribution in [-0.4, -0.2) is 27.0 Å². The largest absolute Gasteiger partial charge is 0.382 e. The Balaban J connectivity index is 1.93. The Bertz CT molecular complexity index is 541. The average molecular weight is 298 g/mol. The van der Waals surface area contributed by atoms with Crippen LogP contribution in [0.25, 0.3) is 0 Å². The van der Waals surface area contributed by atoms with E-state index in [9.17, 15) is 8.42 Å². The molecule has 20 heavy (non-hydrogen) atoms. The number of hydrogen-bond donors (Lipinski definition) is 4. The minimum absolute atomic E-state index is 0.315. The van der Waals surface area contributed by atoms with Crippen molar-refractivity contribution in [2.75, 3.05) is 16.6 Å². The molecule has 1 heterocycles. The lowest BCUT2D eigenvalue weighted by atomic mass is 10.1. The molecule has 0 aliphatic carbocycles. The maximum absolute atomic E-state index is 11.0. The van der Waals surface area contributed by atoms with Gasteiger partial charge in [0.1, 0.15) is 0 Å². The van der Waals surface area contributed by atoms with Gasteiger partial charge in [0.25, 0.3) is 10.2 Å². The van der Waals surface area contributed by atoms with Gasteiger partial charge in [0, 0.05) is 17.8 Å². The third kappa shape index (κ3) is 4.99. The van der Waals surface area contributed by atoms with Crippen LogP contribution in [0.1, 0.15) is 26.2 Å². The van der Waals surface area contributed by atoms with Crippen molar-refractivity contribution < 1.29 is 8.42 Å². The Morgan fingerprint density at radius 2 is 2.20 bits per heavy atom. The summed E-state index contributed by atoms with van der Waals surface area (Å²) in [6.07, 6.45) is 3.51. The van der Waals surface area contributed by atoms with Crippen molar-refractivity contribution in [1.29, 1.82) is 0 Å². The first-order chi connectivity index (χ1) is 9.42. The standard InChI is InChI=1S/C13H22N4O2S/c1-10(8-11-6-3-7-15-11)16-12-4-2-5-13(9-12)17-20(14,18)19/h2,4-5,9-11,15-17H,3,6-8H2,1H3,(H2,14,18,19). The Kier molecular flexibility index (Phi) is 4.85. The lowest BCUT2D eigenvalue weighted by Gasteiger charge is -2.19. The molecule has 0 spiro atoms. The van der Waals surface area contributed by atoms with Gasteiger partial charge < -0.3 is 10.6 Å². The first-order valence-corrected chi connectivity index (χ1v) is 8.37. The molecule has 2 atom stereocenters. The van der Waals surface area contributed by atoms with E-state index in [1.807, 2.05) is 6.07 Å². The van der Waals surface area contributed by atoms with E-state index in [0.29, 0.717) is 17.8 Å². The molecule has 0 radical (unpaired) electrons. The molecule has 2 unspecified atom stereocenters. The van der Waals surface area contributed by atoms with Gasteiger partial charge in [-0.1, -0.05) is 6.07 Å². The topological polar surface area (TPSA) is 96.2 Å². The summed E-state index contributed by atoms with van der Waals surface area (Å²) in [6.45, 7) is 3.23. The molecule has 1 aliphatic rings. The molecule has 1 saturated heterocycles. The van der Waals surface area contributed by atoms with Crippen LogP contribution in [-0.2, 0) is 10.2 Å². The Morgan fingerprint density at radius 3 is 2.85 bits per heavy atom. The van der Waals surface area contributed by atoms with Crippen LogP contribution in [0.4, 0.5) is 11.4 Å². The Labute approximate surface area is 120 Å². The number of rotatable bonds is 6. The van der Waals surface area contributed by atoms with E-state index in [1.165, 1.54) is 12.8 Å². The molecular weight excluding hydrogens is 276 g/mol. The normalized spacial score (nSPS) is 20.6. The maximum atomic E-state index is 11.0. The fraction of sp³-hybridized carbons (Fsp3) is 0.538. The fourth-order valence-corrected chi connectivity index (χ4v) is 3.02. The molecule has 0 amide bonds. The van der Waals surface area contributed by atoms with Gasteiger partial charge >= 0.3 is 0 Å². The van der Waals surface area contributed by atoms with Crippen molar-refractivity contribution in [1.82, 2.24) is 5.32 Å². The zero-order valence-corrected chi connectivity index (χ0v) is 12.4. The van der Waals surface area contributed by atoms with Gasteiger partial charge in [0.05, 0.1) is 5.69 Å². The van der Waals surface area contributed by atoms with Gasteiger partial charge in [0.15, 0.2) is 0 Å². The highest BCUT2D eigenvalue weighted by molar-refractivity contribution is 7.90. The Hall–Kier alpha value is -1.31. The minimum Gasteiger partial charge on any atom is -0.382 e. The molecule has 1 aliphatic heterocycles. The molecule has 0 saturated carbocycles. The van der Waals surface area contributed by atoms with Crippen LogP contribution < -0.4 is 20.5 Å². The average Bonchev–Trinajstić information content (AvgIpc) is 2.79. The fourth-order valence-electron chi connectivity index (χ4n) is 2.56. The van der Waals surface area contributed by atoms with E-state index >= 15 is 0 Å². The van der Waals surface area contributed by atoms with Crippen LogP contribution in [0.15, 0.2) is 24.3 Å². The van der Waals surface area contributed by atoms with E-state index in [0.717, 1.165) is 18.7 Å². The predicted molar refractivity (Wildman–Crippen MR) is 81.9 cm³/mol. The van der Waals surface area contributed by atoms with E-state index in [-0.39, 0.29) is 0 Å². The zero-order chi connectivity index (χ0) is 14.6. The molecule has 1 aromatic carbocycles. The van der Waals surface area contributed by atoms with Crippen LogP contribution in [0.2, 0.25) is 0 Å². The zero-order valence-electron chi connectivity index (χ0n) is 11.6. The van der Waals surface area contributed by atoms with Gasteiger partial charge in [-0.15, -0.1) is 0 Å². The van der Waals surface area contributed by atoms with Gasteiger partial charge in [0.2, 0.25) is 0 Å². The maximum Gasteiger partial charge on any atom is 0.296 e. The monoisotopic (exact) mass is 298 g/mol. The summed E-state index contributed by atoms with van der Waals surface area (Å²) in [5.41, 5.74) is 1.34. The summed E-state index contributed by atoms with van der Waals surface area (Å²) in [5, 5.41) is 11.8. The molecular formula is C13H22N4O2S. The van der Waals surface area contributed by atoms with Crippen molar-refractivity contribution in [3.63, 3.8) is 0 Å². The van der Waals surface area contributed by atoms with E-state index in [2.05, 4.69) is 22.3 Å². The molecule has 0 aromatic heterocycles. The highest BCUT2D eigenvalue weighted by Crippen LogP contribution is 2.18. The summed E-state index contributed by atoms with van der Waals surface area (Å²) in [7, 11) is -3.73. The van der Waals surface area contributed by atoms with Crippen molar-refractivity contribution in [2.45, 2.75) is 38.3 Å². The molecule has 1 fully saturated rings. The van der Waals surface area contributed by atoms with Crippen LogP contribution in [0.3, 0.4) is 0 Å². The number of benzene rings is 1. The molecule has 7 heteroatoms. The second-order valence-corrected chi connectivity index (χ2v) is 6.60. The first kappa shape index (κ1) is 15.1. The van der Waals surface area contributed by atoms with Crippen molar-refractivity contribution in [3.05, 3.63) is 24.3 Å². The molecule has 112 valence electrons. The van der Waals surface area contributed by atoms with E-state index in [1.54, 1.807) is 18.2 Å². The van der Waals surface area contributed by atoms with Gasteiger partial charge in [-0.25, -0.2) is 5.14 Å². The second kappa shape index (κ2) is 6.43. The van der Waals surface area contributed by atoms with Crippen LogP contribution >= 0.6 is 0 Å². The van der Waals surface area contributed by atoms with E-state index < -0.39 is 10.2 Å². The summed E-state index contributed by atoms with van der Waals surface area (Å²) in [6, 6.07) is 7.99. The predicted octanol–water partition coefficient (Wildman–Crippen LogP) is 1.24. The summed E-state index contributed by atoms with van der Waals surface area (Å²) < 4.78 is 24.3. The highest BCUT2D eigenvalue weighted by Gasteiger charge is 2.16. The SMILES string of the molecule is CC(CC1CCCN1)Nc1cccc(NS(N)(=O)=O)c1. The second-order valence-electron chi connectivity index (χ2n) is 5.30. The van der Waals surface area contributed by atoms with E-state index in [4.69, 9.17) is 5.14 Å². The summed E-state index contributed by atoms with van der Waals surface area (Å²) >= 11 is 0. The number of nitrogens with one attached hydrogen (secondary N) is 3. The number of anilines is 2. The third-order valence-corrected chi connectivity index (χ3v) is 3.86. The van der Waals surface area contributed by atoms with Crippen LogP contribution in [0.5, 0.6) is 0 Å². The smallest absolute Gasteiger partial charge is 0.296 e. The van der Waals surface area contributed by atoms with Crippen molar-refractivity contribution in [2.24, 2.45) is 5.14 Å². The molecule has 6 nitrogen and oxygen atoms in total. The minimum atomic E-state index is -3.73. The van der Waals surface area contributed by atoms with Crippen LogP contribution in [0, 0.1) is 0 Å². The molecule has 5 N–H and O–H groups in total. The number of nitrogens with two attached hydrogens (primary N) is 1. The lowest BCUT2D eigenvalue weighted by molar-refractivity contribution is 0.523. The Morgan fingerprint density at radius 1 is 1.45 bits per heavy atom. The number of hydrogen-bond acceptors (Lipinski definition) is 4. The molecule has 2 rings (SSSR count).